The van der Waals surface area contributed by atoms with Crippen LogP contribution in [0.1, 0.15) is 63.3 Å². The Morgan fingerprint density at radius 1 is 1.00 bits per heavy atom. The zero-order chi connectivity index (χ0) is 27.5. The molecule has 0 aliphatic rings. The molecule has 0 aliphatic heterocycles. The lowest BCUT2D eigenvalue weighted by atomic mass is 10.1. The number of pyridine rings is 1. The van der Waals surface area contributed by atoms with E-state index in [0.717, 1.165) is 0 Å². The number of fused-ring (bicyclic) bond motifs is 1. The van der Waals surface area contributed by atoms with Crippen LogP contribution in [0.25, 0.3) is 10.9 Å². The number of hydrogen-bond donors (Lipinski definition) is 1. The van der Waals surface area contributed by atoms with Crippen molar-refractivity contribution < 1.29 is 33.3 Å². The van der Waals surface area contributed by atoms with Crippen molar-refractivity contribution in [3.05, 3.63) is 47.4 Å². The second-order valence-corrected chi connectivity index (χ2v) is 10.2. The summed E-state index contributed by atoms with van der Waals surface area (Å²) in [6.45, 7) is 11.5. The van der Waals surface area contributed by atoms with Gasteiger partial charge in [-0.3, -0.25) is 10.1 Å². The van der Waals surface area contributed by atoms with E-state index in [1.807, 2.05) is 0 Å². The highest BCUT2D eigenvalue weighted by atomic mass is 16.6. The van der Waals surface area contributed by atoms with Crippen LogP contribution in [0.3, 0.4) is 0 Å². The van der Waals surface area contributed by atoms with Crippen molar-refractivity contribution in [2.24, 2.45) is 0 Å². The molecular formula is C26H32N4O7. The van der Waals surface area contributed by atoms with Crippen molar-refractivity contribution in [1.29, 1.82) is 0 Å². The topological polar surface area (TPSA) is 133 Å². The van der Waals surface area contributed by atoms with E-state index in [1.54, 1.807) is 78.9 Å². The molecule has 0 bridgehead atoms. The fourth-order valence-corrected chi connectivity index (χ4v) is 3.39. The van der Waals surface area contributed by atoms with Crippen molar-refractivity contribution >= 4 is 34.7 Å². The van der Waals surface area contributed by atoms with Gasteiger partial charge in [-0.05, 0) is 66.7 Å². The molecule has 2 aromatic heterocycles. The zero-order valence-electron chi connectivity index (χ0n) is 22.3. The Kier molecular flexibility index (Phi) is 7.75. The fourth-order valence-electron chi connectivity index (χ4n) is 3.39. The zero-order valence-corrected chi connectivity index (χ0v) is 22.3. The number of aromatic nitrogens is 3. The van der Waals surface area contributed by atoms with E-state index in [4.69, 9.17) is 18.9 Å². The molecule has 3 aromatic rings. The van der Waals surface area contributed by atoms with Gasteiger partial charge in [0.15, 0.2) is 0 Å². The molecule has 11 nitrogen and oxygen atoms in total. The van der Waals surface area contributed by atoms with Crippen LogP contribution in [0.15, 0.2) is 30.5 Å². The Bertz CT molecular complexity index is 1280. The number of ether oxygens (including phenoxy) is 4. The summed E-state index contributed by atoms with van der Waals surface area (Å²) in [6, 6.07) is 6.77. The van der Waals surface area contributed by atoms with E-state index in [1.165, 1.54) is 7.11 Å². The van der Waals surface area contributed by atoms with E-state index in [2.05, 4.69) is 15.2 Å². The highest BCUT2D eigenvalue weighted by Crippen LogP contribution is 2.39. The highest BCUT2D eigenvalue weighted by molar-refractivity contribution is 6.20. The van der Waals surface area contributed by atoms with Gasteiger partial charge in [0, 0.05) is 11.6 Å². The lowest BCUT2D eigenvalue weighted by Crippen LogP contribution is -2.44. The first kappa shape index (κ1) is 27.4. The molecule has 0 saturated carbocycles. The Morgan fingerprint density at radius 3 is 2.14 bits per heavy atom. The lowest BCUT2D eigenvalue weighted by molar-refractivity contribution is 0.0430. The normalized spacial score (nSPS) is 11.7. The number of hydrogen-bond acceptors (Lipinski definition) is 9. The molecule has 198 valence electrons. The average Bonchev–Trinajstić information content (AvgIpc) is 3.16. The van der Waals surface area contributed by atoms with Gasteiger partial charge in [0.2, 0.25) is 0 Å². The number of carbonyl (C=O) groups excluding carboxylic acids is 3. The van der Waals surface area contributed by atoms with Crippen LogP contribution >= 0.6 is 0 Å². The first-order chi connectivity index (χ1) is 17.2. The molecule has 0 aliphatic carbocycles. The van der Waals surface area contributed by atoms with Crippen LogP contribution in [-0.2, 0) is 20.8 Å². The number of aromatic amines is 1. The number of rotatable bonds is 5. The summed E-state index contributed by atoms with van der Waals surface area (Å²) in [5, 5.41) is 7.53. The van der Waals surface area contributed by atoms with E-state index < -0.39 is 29.4 Å². The Balaban J connectivity index is 2.24. The number of nitrogens with one attached hydrogen (secondary N) is 1. The minimum atomic E-state index is -1.05. The van der Waals surface area contributed by atoms with Crippen molar-refractivity contribution in [2.75, 3.05) is 12.0 Å². The molecule has 11 heteroatoms. The number of imide groups is 1. The Morgan fingerprint density at radius 2 is 1.62 bits per heavy atom. The standard InChI is InChI=1S/C26H32N4O7/c1-15-17-13-18(34-8)19(22(31)35-14-16-11-9-10-12-27-16)21(20(17)29-28-15)30(23(32)36-25(2,3)4)24(33)37-26(5,6)7/h9-13H,14H2,1-8H3,(H,28,29). The molecule has 1 aromatic carbocycles. The third kappa shape index (κ3) is 6.54. The number of benzene rings is 1. The largest absolute Gasteiger partial charge is 0.496 e. The molecule has 3 rings (SSSR count). The van der Waals surface area contributed by atoms with Gasteiger partial charge in [-0.2, -0.15) is 10.00 Å². The molecule has 0 unspecified atom stereocenters. The van der Waals surface area contributed by atoms with Gasteiger partial charge < -0.3 is 18.9 Å². The van der Waals surface area contributed by atoms with E-state index in [0.29, 0.717) is 21.7 Å². The van der Waals surface area contributed by atoms with E-state index in [9.17, 15) is 14.4 Å². The molecule has 2 amide bonds. The number of methoxy groups -OCH3 is 1. The SMILES string of the molecule is COc1cc2c(C)n[nH]c2c(N(C(=O)OC(C)(C)C)C(=O)OC(C)(C)C)c1C(=O)OCc1ccccn1. The van der Waals surface area contributed by atoms with Crippen LogP contribution in [0.2, 0.25) is 0 Å². The molecular weight excluding hydrogens is 480 g/mol. The molecule has 0 fully saturated rings. The van der Waals surface area contributed by atoms with Crippen LogP contribution < -0.4 is 9.64 Å². The van der Waals surface area contributed by atoms with Crippen molar-refractivity contribution in [3.63, 3.8) is 0 Å². The minimum absolute atomic E-state index is 0.0649. The smallest absolute Gasteiger partial charge is 0.424 e. The molecule has 0 spiro atoms. The number of esters is 1. The molecule has 0 saturated heterocycles. The second-order valence-electron chi connectivity index (χ2n) is 10.2. The summed E-state index contributed by atoms with van der Waals surface area (Å²) in [7, 11) is 1.36. The van der Waals surface area contributed by atoms with Crippen LogP contribution in [0.5, 0.6) is 5.75 Å². The Hall–Kier alpha value is -4.15. The van der Waals surface area contributed by atoms with Gasteiger partial charge >= 0.3 is 18.2 Å². The van der Waals surface area contributed by atoms with E-state index >= 15 is 0 Å². The van der Waals surface area contributed by atoms with Crippen molar-refractivity contribution in [1.82, 2.24) is 15.2 Å². The summed E-state index contributed by atoms with van der Waals surface area (Å²) < 4.78 is 22.1. The number of carbonyl (C=O) groups is 3. The Labute approximate surface area is 215 Å². The summed E-state index contributed by atoms with van der Waals surface area (Å²) in [5.74, 6) is -0.793. The number of nitrogens with zero attached hydrogens (tertiary/aromatic N) is 3. The molecule has 2 heterocycles. The third-order valence-corrected chi connectivity index (χ3v) is 4.87. The van der Waals surface area contributed by atoms with Gasteiger partial charge in [-0.1, -0.05) is 6.07 Å². The maximum Gasteiger partial charge on any atom is 0.424 e. The first-order valence-corrected chi connectivity index (χ1v) is 11.6. The number of amides is 2. The summed E-state index contributed by atoms with van der Waals surface area (Å²) in [4.78, 5) is 45.2. The van der Waals surface area contributed by atoms with Crippen LogP contribution in [0, 0.1) is 6.92 Å². The minimum Gasteiger partial charge on any atom is -0.496 e. The fraction of sp³-hybridized carbons (Fsp3) is 0.423. The van der Waals surface area contributed by atoms with E-state index in [-0.39, 0.29) is 29.1 Å². The van der Waals surface area contributed by atoms with Crippen molar-refractivity contribution in [2.45, 2.75) is 66.3 Å². The number of H-pyrrole nitrogens is 1. The van der Waals surface area contributed by atoms with Gasteiger partial charge in [0.25, 0.3) is 0 Å². The lowest BCUT2D eigenvalue weighted by Gasteiger charge is -2.30. The molecule has 37 heavy (non-hydrogen) atoms. The molecule has 1 N–H and O–H groups in total. The van der Waals surface area contributed by atoms with Crippen molar-refractivity contribution in [3.8, 4) is 5.75 Å². The van der Waals surface area contributed by atoms with Gasteiger partial charge in [0.1, 0.15) is 34.8 Å². The number of aryl methyl sites for hydroxylation is 1. The summed E-state index contributed by atoms with van der Waals surface area (Å²) in [6.07, 6.45) is -0.536. The first-order valence-electron chi connectivity index (χ1n) is 11.6. The maximum absolute atomic E-state index is 13.5. The molecule has 0 radical (unpaired) electrons. The third-order valence-electron chi connectivity index (χ3n) is 4.87. The van der Waals surface area contributed by atoms with Crippen LogP contribution in [-0.4, -0.2) is 51.6 Å². The van der Waals surface area contributed by atoms with Gasteiger partial charge in [0.05, 0.1) is 24.0 Å². The summed E-state index contributed by atoms with van der Waals surface area (Å²) in [5.41, 5.74) is -0.990. The summed E-state index contributed by atoms with van der Waals surface area (Å²) >= 11 is 0. The second kappa shape index (κ2) is 10.5. The maximum atomic E-state index is 13.5. The predicted molar refractivity (Wildman–Crippen MR) is 136 cm³/mol. The van der Waals surface area contributed by atoms with Crippen LogP contribution in [0.4, 0.5) is 15.3 Å². The quantitative estimate of drug-likeness (QED) is 0.357. The monoisotopic (exact) mass is 512 g/mol. The average molecular weight is 513 g/mol. The van der Waals surface area contributed by atoms with Gasteiger partial charge in [-0.25, -0.2) is 14.4 Å². The molecule has 0 atom stereocenters. The van der Waals surface area contributed by atoms with Gasteiger partial charge in [-0.15, -0.1) is 0 Å². The predicted octanol–water partition coefficient (Wildman–Crippen LogP) is 5.31. The number of anilines is 1. The highest BCUT2D eigenvalue weighted by Gasteiger charge is 2.39.